The van der Waals surface area contributed by atoms with Gasteiger partial charge in [0.25, 0.3) is 5.91 Å². The molecule has 1 aliphatic rings. The van der Waals surface area contributed by atoms with E-state index in [0.29, 0.717) is 18.7 Å². The molecular weight excluding hydrogens is 378 g/mol. The van der Waals surface area contributed by atoms with Crippen LogP contribution in [-0.2, 0) is 19.1 Å². The number of carbonyl (C=O) groups excluding carboxylic acids is 4. The van der Waals surface area contributed by atoms with Crippen LogP contribution in [0.25, 0.3) is 0 Å². The molecule has 3 amide bonds. The van der Waals surface area contributed by atoms with E-state index in [1.54, 1.807) is 32.9 Å². The number of nitrogens with zero attached hydrogens (tertiary/aromatic N) is 1. The van der Waals surface area contributed by atoms with Gasteiger partial charge in [-0.3, -0.25) is 14.9 Å². The van der Waals surface area contributed by atoms with Crippen LogP contribution >= 0.6 is 0 Å². The van der Waals surface area contributed by atoms with E-state index < -0.39 is 42.1 Å². The van der Waals surface area contributed by atoms with Gasteiger partial charge in [0.15, 0.2) is 6.61 Å². The highest BCUT2D eigenvalue weighted by Crippen LogP contribution is 2.18. The molecule has 29 heavy (non-hydrogen) atoms. The first kappa shape index (κ1) is 22.2. The number of nitrogens with one attached hydrogen (secondary N) is 1. The Morgan fingerprint density at radius 3 is 2.59 bits per heavy atom. The summed E-state index contributed by atoms with van der Waals surface area (Å²) in [6.45, 7) is 5.12. The van der Waals surface area contributed by atoms with E-state index in [9.17, 15) is 19.2 Å². The highest BCUT2D eigenvalue weighted by Gasteiger charge is 2.31. The van der Waals surface area contributed by atoms with Crippen molar-refractivity contribution in [3.05, 3.63) is 29.8 Å². The van der Waals surface area contributed by atoms with Crippen LogP contribution in [0.5, 0.6) is 0 Å². The van der Waals surface area contributed by atoms with Crippen molar-refractivity contribution in [2.24, 2.45) is 5.73 Å². The fourth-order valence-corrected chi connectivity index (χ4v) is 2.96. The van der Waals surface area contributed by atoms with Crippen LogP contribution in [0, 0.1) is 0 Å². The second-order valence-corrected chi connectivity index (χ2v) is 7.78. The molecular formula is C20H27N3O6. The van der Waals surface area contributed by atoms with Gasteiger partial charge in [-0.15, -0.1) is 0 Å². The molecule has 9 heteroatoms. The second kappa shape index (κ2) is 9.40. The number of nitrogens with two attached hydrogens (primary N) is 1. The van der Waals surface area contributed by atoms with Crippen LogP contribution in [0.2, 0.25) is 0 Å². The maximum Gasteiger partial charge on any atom is 0.412 e. The lowest BCUT2D eigenvalue weighted by Crippen LogP contribution is -2.51. The number of hydrogen-bond donors (Lipinski definition) is 2. The van der Waals surface area contributed by atoms with Gasteiger partial charge >= 0.3 is 12.1 Å². The highest BCUT2D eigenvalue weighted by atomic mass is 16.6. The summed E-state index contributed by atoms with van der Waals surface area (Å²) in [6, 6.07) is 5.41. The molecule has 0 saturated carbocycles. The normalized spacial score (nSPS) is 16.7. The SMILES string of the molecule is CC(C)(C)OC(=O)Nc1cccc(C(=O)OCC(=O)N2CCCC[C@H]2C(N)=O)c1. The van der Waals surface area contributed by atoms with E-state index in [1.165, 1.54) is 17.0 Å². The molecule has 1 atom stereocenters. The van der Waals surface area contributed by atoms with Gasteiger partial charge in [0.2, 0.25) is 5.91 Å². The molecule has 0 spiro atoms. The van der Waals surface area contributed by atoms with E-state index in [1.807, 2.05) is 0 Å². The Hall–Kier alpha value is -3.10. The predicted molar refractivity (Wildman–Crippen MR) is 105 cm³/mol. The maximum atomic E-state index is 12.4. The molecule has 1 aliphatic heterocycles. The number of hydrogen-bond acceptors (Lipinski definition) is 6. The fourth-order valence-electron chi connectivity index (χ4n) is 2.96. The molecule has 0 radical (unpaired) electrons. The van der Waals surface area contributed by atoms with E-state index in [-0.39, 0.29) is 5.56 Å². The zero-order chi connectivity index (χ0) is 21.6. The van der Waals surface area contributed by atoms with Crippen molar-refractivity contribution in [1.82, 2.24) is 4.90 Å². The third kappa shape index (κ3) is 6.78. The van der Waals surface area contributed by atoms with Crippen molar-refractivity contribution in [2.75, 3.05) is 18.5 Å². The Morgan fingerprint density at radius 1 is 1.21 bits per heavy atom. The molecule has 1 fully saturated rings. The van der Waals surface area contributed by atoms with Gasteiger partial charge in [-0.2, -0.15) is 0 Å². The van der Waals surface area contributed by atoms with Gasteiger partial charge in [-0.1, -0.05) is 6.07 Å². The first-order chi connectivity index (χ1) is 13.6. The number of primary amides is 1. The summed E-state index contributed by atoms with van der Waals surface area (Å²) < 4.78 is 10.2. The Kier molecular flexibility index (Phi) is 7.19. The number of benzene rings is 1. The third-order valence-corrected chi connectivity index (χ3v) is 4.22. The molecule has 0 aliphatic carbocycles. The zero-order valence-corrected chi connectivity index (χ0v) is 16.9. The second-order valence-electron chi connectivity index (χ2n) is 7.78. The number of esters is 1. The molecule has 1 aromatic carbocycles. The summed E-state index contributed by atoms with van der Waals surface area (Å²) in [6.07, 6.45) is 1.44. The largest absolute Gasteiger partial charge is 0.452 e. The fraction of sp³-hybridized carbons (Fsp3) is 0.500. The van der Waals surface area contributed by atoms with Gasteiger partial charge in [0, 0.05) is 12.2 Å². The number of ether oxygens (including phenoxy) is 2. The molecule has 1 saturated heterocycles. The summed E-state index contributed by atoms with van der Waals surface area (Å²) in [5.41, 5.74) is 5.21. The quantitative estimate of drug-likeness (QED) is 0.722. The highest BCUT2D eigenvalue weighted by molar-refractivity contribution is 5.94. The number of amides is 3. The van der Waals surface area contributed by atoms with Crippen molar-refractivity contribution in [3.8, 4) is 0 Å². The number of piperidine rings is 1. The van der Waals surface area contributed by atoms with Crippen molar-refractivity contribution in [2.45, 2.75) is 51.7 Å². The molecule has 0 aromatic heterocycles. The number of rotatable bonds is 5. The first-order valence-corrected chi connectivity index (χ1v) is 9.43. The molecule has 1 heterocycles. The van der Waals surface area contributed by atoms with Crippen LogP contribution in [-0.4, -0.2) is 53.6 Å². The van der Waals surface area contributed by atoms with E-state index in [2.05, 4.69) is 5.32 Å². The predicted octanol–water partition coefficient (Wildman–Crippen LogP) is 2.06. The van der Waals surface area contributed by atoms with Gasteiger partial charge in [-0.05, 0) is 58.2 Å². The molecule has 9 nitrogen and oxygen atoms in total. The lowest BCUT2D eigenvalue weighted by molar-refractivity contribution is -0.143. The van der Waals surface area contributed by atoms with E-state index in [0.717, 1.165) is 12.8 Å². The molecule has 1 aromatic rings. The summed E-state index contributed by atoms with van der Waals surface area (Å²) in [5, 5.41) is 2.53. The monoisotopic (exact) mass is 405 g/mol. The van der Waals surface area contributed by atoms with Crippen LogP contribution in [0.1, 0.15) is 50.4 Å². The lowest BCUT2D eigenvalue weighted by atomic mass is 10.0. The molecule has 2 rings (SSSR count). The standard InChI is InChI=1S/C20H27N3O6/c1-20(2,3)29-19(27)22-14-8-6-7-13(11-14)18(26)28-12-16(24)23-10-5-4-9-15(23)17(21)25/h6-8,11,15H,4-5,9-10,12H2,1-3H3,(H2,21,25)(H,22,27)/t15-/m0/s1. The van der Waals surface area contributed by atoms with Gasteiger partial charge in [0.1, 0.15) is 11.6 Å². The van der Waals surface area contributed by atoms with Crippen molar-refractivity contribution >= 4 is 29.6 Å². The van der Waals surface area contributed by atoms with E-state index in [4.69, 9.17) is 15.2 Å². The minimum atomic E-state index is -0.723. The van der Waals surface area contributed by atoms with Gasteiger partial charge in [0.05, 0.1) is 5.56 Å². The number of anilines is 1. The smallest absolute Gasteiger partial charge is 0.412 e. The average molecular weight is 405 g/mol. The minimum Gasteiger partial charge on any atom is -0.452 e. The lowest BCUT2D eigenvalue weighted by Gasteiger charge is -2.33. The topological polar surface area (TPSA) is 128 Å². The first-order valence-electron chi connectivity index (χ1n) is 9.43. The summed E-state index contributed by atoms with van der Waals surface area (Å²) >= 11 is 0. The minimum absolute atomic E-state index is 0.163. The van der Waals surface area contributed by atoms with Crippen molar-refractivity contribution in [1.29, 1.82) is 0 Å². The Bertz CT molecular complexity index is 787. The van der Waals surface area contributed by atoms with Crippen LogP contribution in [0.15, 0.2) is 24.3 Å². The Balaban J connectivity index is 1.94. The Morgan fingerprint density at radius 2 is 1.93 bits per heavy atom. The molecule has 158 valence electrons. The van der Waals surface area contributed by atoms with Crippen molar-refractivity contribution in [3.63, 3.8) is 0 Å². The van der Waals surface area contributed by atoms with Crippen LogP contribution < -0.4 is 11.1 Å². The summed E-state index contributed by atoms with van der Waals surface area (Å²) in [4.78, 5) is 49.4. The number of likely N-dealkylation sites (tertiary alicyclic amines) is 1. The summed E-state index contributed by atoms with van der Waals surface area (Å²) in [7, 11) is 0. The van der Waals surface area contributed by atoms with Gasteiger partial charge in [-0.25, -0.2) is 9.59 Å². The molecule has 0 bridgehead atoms. The average Bonchev–Trinajstić information content (AvgIpc) is 2.64. The summed E-state index contributed by atoms with van der Waals surface area (Å²) in [5.74, 6) is -1.76. The van der Waals surface area contributed by atoms with E-state index >= 15 is 0 Å². The third-order valence-electron chi connectivity index (χ3n) is 4.22. The Labute approximate surface area is 169 Å². The zero-order valence-electron chi connectivity index (χ0n) is 16.9. The van der Waals surface area contributed by atoms with Gasteiger partial charge < -0.3 is 20.1 Å². The molecule has 0 unspecified atom stereocenters. The van der Waals surface area contributed by atoms with Crippen molar-refractivity contribution < 1.29 is 28.7 Å². The molecule has 3 N–H and O–H groups in total. The maximum absolute atomic E-state index is 12.4. The van der Waals surface area contributed by atoms with Crippen LogP contribution in [0.3, 0.4) is 0 Å². The number of carbonyl (C=O) groups is 4. The van der Waals surface area contributed by atoms with Crippen LogP contribution in [0.4, 0.5) is 10.5 Å².